The highest BCUT2D eigenvalue weighted by atomic mass is 32.1. The van der Waals surface area contributed by atoms with Crippen LogP contribution in [0.25, 0.3) is 0 Å². The molecule has 0 spiro atoms. The molecule has 4 rings (SSSR count). The normalized spacial score (nSPS) is 22.2. The summed E-state index contributed by atoms with van der Waals surface area (Å²) in [5.41, 5.74) is 1.09. The highest BCUT2D eigenvalue weighted by Crippen LogP contribution is 2.30. The minimum atomic E-state index is 0.164. The highest BCUT2D eigenvalue weighted by Gasteiger charge is 2.32. The molecule has 0 saturated carbocycles. The van der Waals surface area contributed by atoms with Gasteiger partial charge in [0.1, 0.15) is 0 Å². The van der Waals surface area contributed by atoms with Crippen LogP contribution in [-0.2, 0) is 16.0 Å². The van der Waals surface area contributed by atoms with E-state index in [2.05, 4.69) is 10.1 Å². The number of amides is 1. The monoisotopic (exact) mass is 347 g/mol. The Bertz CT molecular complexity index is 679. The minimum Gasteiger partial charge on any atom is -0.381 e. The Balaban J connectivity index is 1.36. The van der Waals surface area contributed by atoms with Gasteiger partial charge in [0.2, 0.25) is 11.8 Å². The van der Waals surface area contributed by atoms with Crippen LogP contribution in [0.1, 0.15) is 48.4 Å². The molecule has 2 aliphatic heterocycles. The molecule has 2 aromatic rings. The van der Waals surface area contributed by atoms with E-state index in [0.717, 1.165) is 50.4 Å². The van der Waals surface area contributed by atoms with E-state index in [0.29, 0.717) is 24.8 Å². The number of thiophene rings is 1. The largest absolute Gasteiger partial charge is 0.381 e. The third-order valence-corrected chi connectivity index (χ3v) is 5.60. The predicted molar refractivity (Wildman–Crippen MR) is 89.1 cm³/mol. The van der Waals surface area contributed by atoms with Gasteiger partial charge in [-0.05, 0) is 41.7 Å². The lowest BCUT2D eigenvalue weighted by Gasteiger charge is -2.18. The van der Waals surface area contributed by atoms with Gasteiger partial charge < -0.3 is 14.2 Å². The number of rotatable bonds is 4. The maximum absolute atomic E-state index is 12.4. The lowest BCUT2D eigenvalue weighted by Crippen LogP contribution is -2.29. The molecule has 7 heteroatoms. The number of nitrogens with zero attached hydrogens (tertiary/aromatic N) is 3. The molecule has 2 saturated heterocycles. The van der Waals surface area contributed by atoms with E-state index in [4.69, 9.17) is 9.26 Å². The summed E-state index contributed by atoms with van der Waals surface area (Å²) >= 11 is 1.62. The zero-order chi connectivity index (χ0) is 16.4. The van der Waals surface area contributed by atoms with Gasteiger partial charge >= 0.3 is 0 Å². The number of carbonyl (C=O) groups is 1. The van der Waals surface area contributed by atoms with Crippen LogP contribution in [0, 0.1) is 0 Å². The van der Waals surface area contributed by atoms with Crippen LogP contribution < -0.4 is 0 Å². The molecular weight excluding hydrogens is 326 g/mol. The Kier molecular flexibility index (Phi) is 4.62. The number of carbonyl (C=O) groups excluding carboxylic acids is 1. The van der Waals surface area contributed by atoms with Crippen LogP contribution >= 0.6 is 11.3 Å². The fraction of sp³-hybridized carbons (Fsp3) is 0.588. The van der Waals surface area contributed by atoms with E-state index in [1.807, 2.05) is 21.7 Å². The summed E-state index contributed by atoms with van der Waals surface area (Å²) in [5.74, 6) is 2.17. The fourth-order valence-corrected chi connectivity index (χ4v) is 4.07. The SMILES string of the molecule is O=C(Cc1ccsc1)N1CCC(c2nc(C3CCOCC3)no2)C1. The van der Waals surface area contributed by atoms with E-state index >= 15 is 0 Å². The third kappa shape index (κ3) is 3.37. The molecule has 24 heavy (non-hydrogen) atoms. The summed E-state index contributed by atoms with van der Waals surface area (Å²) in [5, 5.41) is 8.21. The number of hydrogen-bond donors (Lipinski definition) is 0. The summed E-state index contributed by atoms with van der Waals surface area (Å²) in [6.07, 6.45) is 3.28. The molecule has 1 atom stereocenters. The van der Waals surface area contributed by atoms with Gasteiger partial charge in [-0.2, -0.15) is 16.3 Å². The first-order valence-corrected chi connectivity index (χ1v) is 9.44. The van der Waals surface area contributed by atoms with Crippen LogP contribution in [0.15, 0.2) is 21.3 Å². The van der Waals surface area contributed by atoms with Gasteiger partial charge in [-0.3, -0.25) is 4.79 Å². The second-order valence-electron chi connectivity index (χ2n) is 6.51. The Hall–Kier alpha value is -1.73. The first-order valence-electron chi connectivity index (χ1n) is 8.49. The quantitative estimate of drug-likeness (QED) is 0.850. The fourth-order valence-electron chi connectivity index (χ4n) is 3.40. The van der Waals surface area contributed by atoms with Crippen LogP contribution in [0.5, 0.6) is 0 Å². The summed E-state index contributed by atoms with van der Waals surface area (Å²) < 4.78 is 10.9. The summed E-state index contributed by atoms with van der Waals surface area (Å²) in [6, 6.07) is 2.01. The zero-order valence-corrected chi connectivity index (χ0v) is 14.3. The molecule has 6 nitrogen and oxygen atoms in total. The standard InChI is InChI=1S/C17H21N3O3S/c21-15(9-12-4-8-24-11-12)20-5-1-14(10-20)17-18-16(19-23-17)13-2-6-22-7-3-13/h4,8,11,13-14H,1-3,5-7,9-10H2. The Morgan fingerprint density at radius 1 is 1.29 bits per heavy atom. The average Bonchev–Trinajstić information content (AvgIpc) is 3.36. The van der Waals surface area contributed by atoms with Crippen molar-refractivity contribution in [1.29, 1.82) is 0 Å². The molecule has 0 aromatic carbocycles. The highest BCUT2D eigenvalue weighted by molar-refractivity contribution is 7.07. The molecular formula is C17H21N3O3S. The molecule has 0 radical (unpaired) electrons. The number of likely N-dealkylation sites (tertiary alicyclic amines) is 1. The minimum absolute atomic E-state index is 0.164. The lowest BCUT2D eigenvalue weighted by molar-refractivity contribution is -0.129. The second-order valence-corrected chi connectivity index (χ2v) is 7.29. The first-order chi connectivity index (χ1) is 11.8. The van der Waals surface area contributed by atoms with Gasteiger partial charge in [0.25, 0.3) is 0 Å². The van der Waals surface area contributed by atoms with Gasteiger partial charge in [-0.1, -0.05) is 5.16 Å². The Morgan fingerprint density at radius 3 is 2.96 bits per heavy atom. The van der Waals surface area contributed by atoms with Crippen molar-refractivity contribution in [3.8, 4) is 0 Å². The van der Waals surface area contributed by atoms with Crippen LogP contribution in [0.4, 0.5) is 0 Å². The molecule has 2 aromatic heterocycles. The van der Waals surface area contributed by atoms with Crippen LogP contribution in [0.3, 0.4) is 0 Å². The van der Waals surface area contributed by atoms with Crippen molar-refractivity contribution < 1.29 is 14.1 Å². The van der Waals surface area contributed by atoms with Crippen molar-refractivity contribution in [3.63, 3.8) is 0 Å². The van der Waals surface area contributed by atoms with Gasteiger partial charge in [0.05, 0.1) is 12.3 Å². The summed E-state index contributed by atoms with van der Waals surface area (Å²) in [7, 11) is 0. The number of ether oxygens (including phenoxy) is 1. The smallest absolute Gasteiger partial charge is 0.231 e. The molecule has 2 aliphatic rings. The van der Waals surface area contributed by atoms with Crippen molar-refractivity contribution in [2.75, 3.05) is 26.3 Å². The van der Waals surface area contributed by atoms with Crippen molar-refractivity contribution in [3.05, 3.63) is 34.1 Å². The van der Waals surface area contributed by atoms with Crippen molar-refractivity contribution in [2.45, 2.75) is 37.5 Å². The molecule has 0 bridgehead atoms. The van der Waals surface area contributed by atoms with Gasteiger partial charge in [0, 0.05) is 32.2 Å². The van der Waals surface area contributed by atoms with Gasteiger partial charge in [0.15, 0.2) is 5.82 Å². The van der Waals surface area contributed by atoms with E-state index in [-0.39, 0.29) is 11.8 Å². The molecule has 0 aliphatic carbocycles. The van der Waals surface area contributed by atoms with E-state index in [1.54, 1.807) is 11.3 Å². The van der Waals surface area contributed by atoms with Crippen LogP contribution in [0.2, 0.25) is 0 Å². The lowest BCUT2D eigenvalue weighted by atomic mass is 10.00. The van der Waals surface area contributed by atoms with Gasteiger partial charge in [-0.15, -0.1) is 0 Å². The van der Waals surface area contributed by atoms with Crippen LogP contribution in [-0.4, -0.2) is 47.3 Å². The summed E-state index contributed by atoms with van der Waals surface area (Å²) in [4.78, 5) is 18.9. The van der Waals surface area contributed by atoms with Crippen molar-refractivity contribution in [1.82, 2.24) is 15.0 Å². The zero-order valence-electron chi connectivity index (χ0n) is 13.5. The van der Waals surface area contributed by atoms with Crippen molar-refractivity contribution in [2.24, 2.45) is 0 Å². The third-order valence-electron chi connectivity index (χ3n) is 4.87. The second kappa shape index (κ2) is 7.03. The van der Waals surface area contributed by atoms with E-state index in [9.17, 15) is 4.79 Å². The number of hydrogen-bond acceptors (Lipinski definition) is 6. The molecule has 0 N–H and O–H groups in total. The Morgan fingerprint density at radius 2 is 2.17 bits per heavy atom. The molecule has 1 unspecified atom stereocenters. The predicted octanol–water partition coefficient (Wildman–Crippen LogP) is 2.58. The first kappa shape index (κ1) is 15.8. The molecule has 128 valence electrons. The molecule has 4 heterocycles. The molecule has 1 amide bonds. The van der Waals surface area contributed by atoms with Gasteiger partial charge in [-0.25, -0.2) is 0 Å². The maximum atomic E-state index is 12.4. The van der Waals surface area contributed by atoms with E-state index < -0.39 is 0 Å². The average molecular weight is 347 g/mol. The summed E-state index contributed by atoms with van der Waals surface area (Å²) in [6.45, 7) is 2.98. The van der Waals surface area contributed by atoms with E-state index in [1.165, 1.54) is 0 Å². The maximum Gasteiger partial charge on any atom is 0.231 e. The Labute approximate surface area is 144 Å². The van der Waals surface area contributed by atoms with Crippen molar-refractivity contribution >= 4 is 17.2 Å². The topological polar surface area (TPSA) is 68.5 Å². The molecule has 2 fully saturated rings. The number of aromatic nitrogens is 2.